The van der Waals surface area contributed by atoms with Crippen LogP contribution < -0.4 is 14.8 Å². The minimum absolute atomic E-state index is 0.100. The van der Waals surface area contributed by atoms with Crippen molar-refractivity contribution in [3.05, 3.63) is 23.8 Å². The molecule has 3 N–H and O–H groups in total. The summed E-state index contributed by atoms with van der Waals surface area (Å²) in [4.78, 5) is 0. The summed E-state index contributed by atoms with van der Waals surface area (Å²) in [5, 5.41) is 0. The van der Waals surface area contributed by atoms with Crippen LogP contribution in [-0.2, 0) is 16.6 Å². The Bertz CT molecular complexity index is 590. The summed E-state index contributed by atoms with van der Waals surface area (Å²) in [6, 6.07) is 5.25. The Balaban J connectivity index is 2.42. The van der Waals surface area contributed by atoms with Crippen molar-refractivity contribution in [2.45, 2.75) is 45.7 Å². The van der Waals surface area contributed by atoms with Crippen LogP contribution in [0.4, 0.5) is 11.4 Å². The Labute approximate surface area is 115 Å². The lowest BCUT2D eigenvalue weighted by atomic mass is 10.1. The molecule has 1 heterocycles. The quantitative estimate of drug-likeness (QED) is 0.810. The Kier molecular flexibility index (Phi) is 3.26. The number of hydrogen-bond donors (Lipinski definition) is 2. The van der Waals surface area contributed by atoms with Crippen LogP contribution in [0.1, 0.15) is 33.3 Å². The maximum Gasteiger partial charge on any atom is 0.302 e. The molecule has 0 saturated carbocycles. The van der Waals surface area contributed by atoms with Gasteiger partial charge < -0.3 is 5.73 Å². The lowest BCUT2D eigenvalue weighted by molar-refractivity contribution is 0.486. The molecule has 5 nitrogen and oxygen atoms in total. The highest BCUT2D eigenvalue weighted by Crippen LogP contribution is 2.35. The molecule has 1 aliphatic heterocycles. The van der Waals surface area contributed by atoms with Crippen LogP contribution in [0.3, 0.4) is 0 Å². The summed E-state index contributed by atoms with van der Waals surface area (Å²) >= 11 is 0. The van der Waals surface area contributed by atoms with E-state index in [-0.39, 0.29) is 6.04 Å². The molecule has 1 atom stereocenters. The van der Waals surface area contributed by atoms with Gasteiger partial charge in [-0.3, -0.25) is 4.31 Å². The Morgan fingerprint density at radius 1 is 1.37 bits per heavy atom. The van der Waals surface area contributed by atoms with Crippen LogP contribution in [0.25, 0.3) is 0 Å². The van der Waals surface area contributed by atoms with Gasteiger partial charge in [0.25, 0.3) is 0 Å². The van der Waals surface area contributed by atoms with E-state index in [0.717, 1.165) is 11.3 Å². The van der Waals surface area contributed by atoms with Crippen molar-refractivity contribution in [2.24, 2.45) is 0 Å². The third kappa shape index (κ3) is 2.84. The predicted molar refractivity (Wildman–Crippen MR) is 78.3 cm³/mol. The number of nitrogens with zero attached hydrogens (tertiary/aromatic N) is 1. The summed E-state index contributed by atoms with van der Waals surface area (Å²) in [5.74, 6) is 0. The molecule has 0 spiro atoms. The molecule has 2 rings (SSSR count). The van der Waals surface area contributed by atoms with Gasteiger partial charge in [-0.25, -0.2) is 0 Å². The fourth-order valence-electron chi connectivity index (χ4n) is 2.43. The molecule has 6 heteroatoms. The first-order chi connectivity index (χ1) is 8.60. The molecule has 1 aromatic rings. The van der Waals surface area contributed by atoms with Crippen molar-refractivity contribution >= 4 is 21.6 Å². The van der Waals surface area contributed by atoms with Gasteiger partial charge in [-0.1, -0.05) is 0 Å². The van der Waals surface area contributed by atoms with Crippen molar-refractivity contribution < 1.29 is 8.42 Å². The number of rotatable bonds is 2. The molecular formula is C13H21N3O2S. The lowest BCUT2D eigenvalue weighted by Crippen LogP contribution is -2.50. The molecule has 1 aromatic carbocycles. The lowest BCUT2D eigenvalue weighted by Gasteiger charge is -2.29. The fraction of sp³-hybridized carbons (Fsp3) is 0.538. The largest absolute Gasteiger partial charge is 0.399 e. The second kappa shape index (κ2) is 4.38. The Hall–Kier alpha value is -1.27. The number of fused-ring (bicyclic) bond motifs is 1. The zero-order chi connectivity index (χ0) is 14.4. The van der Waals surface area contributed by atoms with Crippen LogP contribution in [0.2, 0.25) is 0 Å². The summed E-state index contributed by atoms with van der Waals surface area (Å²) in [6.45, 7) is 7.39. The zero-order valence-electron chi connectivity index (χ0n) is 11.8. The van der Waals surface area contributed by atoms with Gasteiger partial charge in [0.05, 0.1) is 5.69 Å². The number of hydrogen-bond acceptors (Lipinski definition) is 3. The van der Waals surface area contributed by atoms with Crippen molar-refractivity contribution in [2.75, 3.05) is 10.0 Å². The third-order valence-corrected chi connectivity index (χ3v) is 4.90. The van der Waals surface area contributed by atoms with Crippen molar-refractivity contribution in [3.63, 3.8) is 0 Å². The van der Waals surface area contributed by atoms with Crippen LogP contribution in [-0.4, -0.2) is 20.0 Å². The minimum Gasteiger partial charge on any atom is -0.399 e. The summed E-state index contributed by atoms with van der Waals surface area (Å²) in [7, 11) is -3.55. The number of nitrogens with one attached hydrogen (secondary N) is 1. The van der Waals surface area contributed by atoms with Gasteiger partial charge in [0, 0.05) is 17.3 Å². The van der Waals surface area contributed by atoms with E-state index >= 15 is 0 Å². The van der Waals surface area contributed by atoms with Gasteiger partial charge in [-0.2, -0.15) is 13.1 Å². The maximum absolute atomic E-state index is 12.5. The second-order valence-electron chi connectivity index (χ2n) is 6.09. The van der Waals surface area contributed by atoms with E-state index in [0.29, 0.717) is 12.1 Å². The van der Waals surface area contributed by atoms with Crippen molar-refractivity contribution in [1.82, 2.24) is 4.72 Å². The van der Waals surface area contributed by atoms with Crippen LogP contribution in [0, 0.1) is 0 Å². The smallest absolute Gasteiger partial charge is 0.302 e. The molecule has 0 bridgehead atoms. The SMILES string of the molecule is CC1Cc2cc(N)ccc2N1S(=O)(=O)NC(C)(C)C. The van der Waals surface area contributed by atoms with Gasteiger partial charge in [0.2, 0.25) is 0 Å². The first kappa shape index (κ1) is 14.1. The summed E-state index contributed by atoms with van der Waals surface area (Å²) in [6.07, 6.45) is 0.686. The minimum atomic E-state index is -3.55. The molecule has 0 radical (unpaired) electrons. The zero-order valence-corrected chi connectivity index (χ0v) is 12.6. The van der Waals surface area contributed by atoms with Gasteiger partial charge in [-0.05, 0) is 57.9 Å². The van der Waals surface area contributed by atoms with Gasteiger partial charge in [-0.15, -0.1) is 0 Å². The molecule has 0 amide bonds. The van der Waals surface area contributed by atoms with E-state index in [1.165, 1.54) is 4.31 Å². The first-order valence-electron chi connectivity index (χ1n) is 6.32. The van der Waals surface area contributed by atoms with E-state index in [1.54, 1.807) is 12.1 Å². The molecule has 0 fully saturated rings. The molecule has 0 aliphatic carbocycles. The predicted octanol–water partition coefficient (Wildman–Crippen LogP) is 1.65. The Morgan fingerprint density at radius 2 is 2.00 bits per heavy atom. The molecule has 19 heavy (non-hydrogen) atoms. The average Bonchev–Trinajstić information content (AvgIpc) is 2.49. The average molecular weight is 283 g/mol. The highest BCUT2D eigenvalue weighted by molar-refractivity contribution is 7.91. The number of nitrogens with two attached hydrogens (primary N) is 1. The number of nitrogen functional groups attached to an aromatic ring is 1. The molecule has 106 valence electrons. The van der Waals surface area contributed by atoms with Crippen LogP contribution >= 0.6 is 0 Å². The summed E-state index contributed by atoms with van der Waals surface area (Å²) in [5.41, 5.74) is 7.60. The first-order valence-corrected chi connectivity index (χ1v) is 7.76. The van der Waals surface area contributed by atoms with Gasteiger partial charge in [0.15, 0.2) is 0 Å². The fourth-order valence-corrected chi connectivity index (χ4v) is 4.28. The molecule has 1 aliphatic rings. The molecule has 0 aromatic heterocycles. The number of benzene rings is 1. The van der Waals surface area contributed by atoms with Gasteiger partial charge >= 0.3 is 10.2 Å². The third-order valence-electron chi connectivity index (χ3n) is 2.95. The topological polar surface area (TPSA) is 75.4 Å². The second-order valence-corrected chi connectivity index (χ2v) is 7.64. The van der Waals surface area contributed by atoms with Gasteiger partial charge in [0.1, 0.15) is 0 Å². The highest BCUT2D eigenvalue weighted by atomic mass is 32.2. The highest BCUT2D eigenvalue weighted by Gasteiger charge is 2.36. The van der Waals surface area contributed by atoms with E-state index in [1.807, 2.05) is 33.8 Å². The van der Waals surface area contributed by atoms with E-state index in [4.69, 9.17) is 5.73 Å². The van der Waals surface area contributed by atoms with E-state index in [2.05, 4.69) is 4.72 Å². The molecule has 0 saturated heterocycles. The number of anilines is 2. The summed E-state index contributed by atoms with van der Waals surface area (Å²) < 4.78 is 29.1. The molecular weight excluding hydrogens is 262 g/mol. The molecule has 1 unspecified atom stereocenters. The normalized spacial score (nSPS) is 19.6. The van der Waals surface area contributed by atoms with Crippen LogP contribution in [0.5, 0.6) is 0 Å². The van der Waals surface area contributed by atoms with Crippen molar-refractivity contribution in [3.8, 4) is 0 Å². The Morgan fingerprint density at radius 3 is 2.58 bits per heavy atom. The maximum atomic E-state index is 12.5. The van der Waals surface area contributed by atoms with Crippen molar-refractivity contribution in [1.29, 1.82) is 0 Å². The monoisotopic (exact) mass is 283 g/mol. The van der Waals surface area contributed by atoms with Crippen LogP contribution in [0.15, 0.2) is 18.2 Å². The van der Waals surface area contributed by atoms with E-state index in [9.17, 15) is 8.42 Å². The standard InChI is InChI=1S/C13H21N3O2S/c1-9-7-10-8-11(14)5-6-12(10)16(9)19(17,18)15-13(2,3)4/h5-6,8-9,15H,7,14H2,1-4H3. The van der Waals surface area contributed by atoms with E-state index < -0.39 is 15.7 Å².